The Hall–Kier alpha value is -3.05. The third kappa shape index (κ3) is 4.10. The first-order valence-corrected chi connectivity index (χ1v) is 11.6. The van der Waals surface area contributed by atoms with Crippen LogP contribution in [0.2, 0.25) is 0 Å². The van der Waals surface area contributed by atoms with Crippen molar-refractivity contribution in [3.05, 3.63) is 47.1 Å². The lowest BCUT2D eigenvalue weighted by atomic mass is 9.95. The maximum absolute atomic E-state index is 11.1. The summed E-state index contributed by atoms with van der Waals surface area (Å²) in [4.78, 5) is 39.0. The van der Waals surface area contributed by atoms with Crippen LogP contribution in [0, 0.1) is 5.92 Å². The molecule has 0 aromatic carbocycles. The van der Waals surface area contributed by atoms with Gasteiger partial charge in [-0.3, -0.25) is 0 Å². The number of aromatic carboxylic acids is 1. The number of fused-ring (bicyclic) bond motifs is 1. The molecule has 9 nitrogen and oxygen atoms in total. The van der Waals surface area contributed by atoms with Crippen LogP contribution in [0.15, 0.2) is 39.4 Å². The number of thiazole rings is 1. The van der Waals surface area contributed by atoms with Gasteiger partial charge in [0.1, 0.15) is 17.3 Å². The van der Waals surface area contributed by atoms with E-state index in [1.165, 1.54) is 28.5 Å². The Labute approximate surface area is 186 Å². The van der Waals surface area contributed by atoms with E-state index in [-0.39, 0.29) is 5.69 Å². The van der Waals surface area contributed by atoms with Crippen molar-refractivity contribution in [3.8, 4) is 0 Å². The molecule has 11 heteroatoms. The number of H-pyrrole nitrogens is 1. The Morgan fingerprint density at radius 1 is 1.29 bits per heavy atom. The minimum Gasteiger partial charge on any atom is -0.476 e. The number of aromatic amines is 1. The van der Waals surface area contributed by atoms with Gasteiger partial charge in [-0.1, -0.05) is 6.92 Å². The van der Waals surface area contributed by atoms with Crippen molar-refractivity contribution in [2.24, 2.45) is 5.92 Å². The lowest BCUT2D eigenvalue weighted by Gasteiger charge is -2.40. The van der Waals surface area contributed by atoms with Gasteiger partial charge in [-0.2, -0.15) is 0 Å². The highest BCUT2D eigenvalue weighted by molar-refractivity contribution is 8.00. The summed E-state index contributed by atoms with van der Waals surface area (Å²) >= 11 is 2.56. The fourth-order valence-corrected chi connectivity index (χ4v) is 5.20. The van der Waals surface area contributed by atoms with Crippen LogP contribution in [0.4, 0.5) is 5.82 Å². The fourth-order valence-electron chi connectivity index (χ4n) is 3.55. The molecule has 5 heterocycles. The van der Waals surface area contributed by atoms with Crippen molar-refractivity contribution >= 4 is 45.9 Å². The summed E-state index contributed by atoms with van der Waals surface area (Å²) in [6, 6.07) is 3.94. The van der Waals surface area contributed by atoms with Gasteiger partial charge in [0.15, 0.2) is 15.2 Å². The van der Waals surface area contributed by atoms with E-state index < -0.39 is 5.97 Å². The van der Waals surface area contributed by atoms with Crippen molar-refractivity contribution < 1.29 is 9.90 Å². The van der Waals surface area contributed by atoms with Gasteiger partial charge in [0.05, 0.1) is 5.39 Å². The second-order valence-electron chi connectivity index (χ2n) is 7.29. The average molecular weight is 454 g/mol. The lowest BCUT2D eigenvalue weighted by molar-refractivity contribution is 0.0691. The molecule has 0 radical (unpaired) electrons. The Balaban J connectivity index is 1.40. The topological polar surface area (TPSA) is 121 Å². The second kappa shape index (κ2) is 8.23. The first-order chi connectivity index (χ1) is 15.1. The SMILES string of the molecule is CCc1cc2c(N3CC(Cc4ncccn4)C3)nc(Sc3nc(C(=O)O)cs3)nc2[nH]1. The number of nitrogens with zero attached hydrogens (tertiary/aromatic N) is 6. The molecular weight excluding hydrogens is 434 g/mol. The highest BCUT2D eigenvalue weighted by atomic mass is 32.2. The summed E-state index contributed by atoms with van der Waals surface area (Å²) < 4.78 is 0.604. The molecule has 1 fully saturated rings. The van der Waals surface area contributed by atoms with Crippen LogP contribution >= 0.6 is 23.1 Å². The minimum atomic E-state index is -1.04. The monoisotopic (exact) mass is 453 g/mol. The number of carboxylic acid groups (broad SMARTS) is 1. The Morgan fingerprint density at radius 2 is 2.10 bits per heavy atom. The van der Waals surface area contributed by atoms with Crippen molar-refractivity contribution in [1.29, 1.82) is 0 Å². The molecule has 0 saturated carbocycles. The van der Waals surface area contributed by atoms with Gasteiger partial charge in [0.25, 0.3) is 0 Å². The van der Waals surface area contributed by atoms with E-state index in [1.807, 2.05) is 6.07 Å². The fraction of sp³-hybridized carbons (Fsp3) is 0.300. The summed E-state index contributed by atoms with van der Waals surface area (Å²) in [5.41, 5.74) is 1.93. The normalized spacial score (nSPS) is 14.2. The molecule has 31 heavy (non-hydrogen) atoms. The molecule has 4 aromatic rings. The van der Waals surface area contributed by atoms with Crippen molar-refractivity contribution in [2.75, 3.05) is 18.0 Å². The van der Waals surface area contributed by atoms with Gasteiger partial charge in [-0.15, -0.1) is 11.3 Å². The van der Waals surface area contributed by atoms with Crippen LogP contribution in [-0.2, 0) is 12.8 Å². The quantitative estimate of drug-likeness (QED) is 0.406. The molecule has 1 aliphatic heterocycles. The number of hydrogen-bond acceptors (Lipinski definition) is 9. The number of nitrogens with one attached hydrogen (secondary N) is 1. The third-order valence-electron chi connectivity index (χ3n) is 5.11. The molecule has 158 valence electrons. The van der Waals surface area contributed by atoms with E-state index >= 15 is 0 Å². The number of anilines is 1. The van der Waals surface area contributed by atoms with Crippen LogP contribution in [0.1, 0.15) is 28.9 Å². The predicted molar refractivity (Wildman–Crippen MR) is 118 cm³/mol. The maximum Gasteiger partial charge on any atom is 0.355 e. The molecule has 1 saturated heterocycles. The summed E-state index contributed by atoms with van der Waals surface area (Å²) in [7, 11) is 0. The molecule has 1 aliphatic rings. The van der Waals surface area contributed by atoms with E-state index in [0.717, 1.165) is 54.3 Å². The Kier molecular flexibility index (Phi) is 5.28. The number of rotatable bonds is 7. The van der Waals surface area contributed by atoms with Gasteiger partial charge < -0.3 is 15.0 Å². The summed E-state index contributed by atoms with van der Waals surface area (Å²) in [6.45, 7) is 3.85. The second-order valence-corrected chi connectivity index (χ2v) is 9.36. The van der Waals surface area contributed by atoms with Crippen molar-refractivity contribution in [1.82, 2.24) is 29.9 Å². The summed E-state index contributed by atoms with van der Waals surface area (Å²) in [6.07, 6.45) is 5.27. The zero-order valence-electron chi connectivity index (χ0n) is 16.6. The minimum absolute atomic E-state index is 0.0376. The standard InChI is InChI=1S/C20H19N7O2S2/c1-2-12-7-13-16(23-12)25-19(31-20-24-14(10-30-20)18(28)29)26-17(13)27-8-11(9-27)6-15-21-4-3-5-22-15/h3-5,7,10-11H,2,6,8-9H2,1H3,(H,28,29)(H,23,25,26). The molecule has 0 spiro atoms. The highest BCUT2D eigenvalue weighted by Gasteiger charge is 2.31. The average Bonchev–Trinajstić information content (AvgIpc) is 3.37. The van der Waals surface area contributed by atoms with Gasteiger partial charge in [0.2, 0.25) is 0 Å². The molecule has 0 unspecified atom stereocenters. The summed E-state index contributed by atoms with van der Waals surface area (Å²) in [5.74, 6) is 1.20. The molecule has 0 aliphatic carbocycles. The van der Waals surface area contributed by atoms with Crippen molar-refractivity contribution in [2.45, 2.75) is 29.3 Å². The number of aryl methyl sites for hydroxylation is 1. The number of hydrogen-bond donors (Lipinski definition) is 2. The van der Waals surface area contributed by atoms with Crippen LogP contribution < -0.4 is 4.90 Å². The van der Waals surface area contributed by atoms with Crippen LogP contribution in [-0.4, -0.2) is 54.1 Å². The molecule has 5 rings (SSSR count). The van der Waals surface area contributed by atoms with Crippen LogP contribution in [0.5, 0.6) is 0 Å². The van der Waals surface area contributed by atoms with Crippen LogP contribution in [0.25, 0.3) is 11.0 Å². The number of carboxylic acids is 1. The van der Waals surface area contributed by atoms with E-state index in [0.29, 0.717) is 15.4 Å². The molecule has 0 atom stereocenters. The number of carbonyl (C=O) groups is 1. The third-order valence-corrected chi connectivity index (χ3v) is 6.92. The van der Waals surface area contributed by atoms with Crippen LogP contribution in [0.3, 0.4) is 0 Å². The number of aromatic nitrogens is 6. The first-order valence-electron chi connectivity index (χ1n) is 9.86. The zero-order valence-corrected chi connectivity index (χ0v) is 18.3. The maximum atomic E-state index is 11.1. The molecular formula is C20H19N7O2S2. The van der Waals surface area contributed by atoms with E-state index in [4.69, 9.17) is 10.1 Å². The molecule has 0 amide bonds. The van der Waals surface area contributed by atoms with Crippen molar-refractivity contribution in [3.63, 3.8) is 0 Å². The summed E-state index contributed by atoms with van der Waals surface area (Å²) in [5, 5.41) is 12.2. The van der Waals surface area contributed by atoms with E-state index in [9.17, 15) is 4.79 Å². The van der Waals surface area contributed by atoms with Gasteiger partial charge in [-0.25, -0.2) is 29.7 Å². The molecule has 2 N–H and O–H groups in total. The highest BCUT2D eigenvalue weighted by Crippen LogP contribution is 2.35. The van der Waals surface area contributed by atoms with E-state index in [1.54, 1.807) is 12.4 Å². The zero-order chi connectivity index (χ0) is 21.4. The molecule has 4 aromatic heterocycles. The Morgan fingerprint density at radius 3 is 2.81 bits per heavy atom. The van der Waals surface area contributed by atoms with E-state index in [2.05, 4.69) is 42.8 Å². The lowest BCUT2D eigenvalue weighted by Crippen LogP contribution is -2.48. The van der Waals surface area contributed by atoms with Gasteiger partial charge in [-0.05, 0) is 30.3 Å². The van der Waals surface area contributed by atoms with Gasteiger partial charge >= 0.3 is 5.97 Å². The smallest absolute Gasteiger partial charge is 0.355 e. The first kappa shape index (κ1) is 19.9. The predicted octanol–water partition coefficient (Wildman–Crippen LogP) is 3.30. The Bertz CT molecular complexity index is 1240. The molecule has 0 bridgehead atoms. The van der Waals surface area contributed by atoms with Gasteiger partial charge in [0, 0.05) is 48.9 Å². The largest absolute Gasteiger partial charge is 0.476 e.